The molecule has 3 aromatic heterocycles. The van der Waals surface area contributed by atoms with E-state index in [1.54, 1.807) is 17.9 Å². The van der Waals surface area contributed by atoms with Crippen molar-refractivity contribution in [2.45, 2.75) is 71.1 Å². The highest BCUT2D eigenvalue weighted by Gasteiger charge is 2.41. The second kappa shape index (κ2) is 16.9. The lowest BCUT2D eigenvalue weighted by Crippen LogP contribution is -2.51. The van der Waals surface area contributed by atoms with E-state index in [-0.39, 0.29) is 67.3 Å². The zero-order chi connectivity index (χ0) is 42.2. The Morgan fingerprint density at radius 2 is 1.78 bits per heavy atom. The van der Waals surface area contributed by atoms with Crippen molar-refractivity contribution in [2.24, 2.45) is 0 Å². The molecule has 58 heavy (non-hydrogen) atoms. The Balaban J connectivity index is 1.30. The second-order valence-corrected chi connectivity index (χ2v) is 21.0. The number of hydrogen-bond donors (Lipinski definition) is 1. The van der Waals surface area contributed by atoms with Crippen molar-refractivity contribution >= 4 is 54.2 Å². The van der Waals surface area contributed by atoms with Crippen LogP contribution in [0.15, 0.2) is 35.4 Å². The molecule has 1 saturated heterocycles. The van der Waals surface area contributed by atoms with Crippen molar-refractivity contribution in [3.63, 3.8) is 0 Å². The lowest BCUT2D eigenvalue weighted by atomic mass is 10.1. The normalized spacial score (nSPS) is 15.6. The third kappa shape index (κ3) is 9.42. The van der Waals surface area contributed by atoms with Gasteiger partial charge in [0.15, 0.2) is 11.5 Å². The molecule has 2 amide bonds. The van der Waals surface area contributed by atoms with Crippen LogP contribution in [0.2, 0.25) is 30.7 Å². The molecule has 1 aromatic carbocycles. The number of benzene rings is 1. The number of amides is 2. The molecule has 0 radical (unpaired) electrons. The van der Waals surface area contributed by atoms with Gasteiger partial charge in [0.2, 0.25) is 11.7 Å². The number of aromatic nitrogens is 6. The van der Waals surface area contributed by atoms with Crippen LogP contribution in [0.3, 0.4) is 0 Å². The average Bonchev–Trinajstić information content (AvgIpc) is 3.81. The minimum absolute atomic E-state index is 0.0236. The molecular formula is C36H42ClF6N9O5Si. The maximum absolute atomic E-state index is 14.3. The fourth-order valence-electron chi connectivity index (χ4n) is 6.66. The van der Waals surface area contributed by atoms with Crippen LogP contribution in [-0.4, -0.2) is 99.5 Å². The molecule has 14 nitrogen and oxygen atoms in total. The lowest BCUT2D eigenvalue weighted by Gasteiger charge is -2.37. The van der Waals surface area contributed by atoms with Gasteiger partial charge in [0, 0.05) is 40.9 Å². The number of anilines is 2. The molecule has 4 aromatic rings. The highest BCUT2D eigenvalue weighted by molar-refractivity contribution is 6.76. The Morgan fingerprint density at radius 3 is 2.38 bits per heavy atom. The van der Waals surface area contributed by atoms with Gasteiger partial charge in [-0.3, -0.25) is 14.4 Å². The fraction of sp³-hybridized carbons (Fsp3) is 0.500. The summed E-state index contributed by atoms with van der Waals surface area (Å²) in [6, 6.07) is 3.29. The first kappa shape index (κ1) is 42.9. The van der Waals surface area contributed by atoms with Gasteiger partial charge < -0.3 is 33.7 Å². The van der Waals surface area contributed by atoms with Crippen molar-refractivity contribution in [3.8, 4) is 0 Å². The molecule has 0 atom stereocenters. The monoisotopic (exact) mass is 857 g/mol. The van der Waals surface area contributed by atoms with E-state index in [0.29, 0.717) is 43.6 Å². The summed E-state index contributed by atoms with van der Waals surface area (Å²) in [5.41, 5.74) is -2.41. The number of carbonyl (C=O) groups is 2. The van der Waals surface area contributed by atoms with Crippen LogP contribution < -0.4 is 15.8 Å². The first-order valence-electron chi connectivity index (χ1n) is 18.5. The molecule has 2 aliphatic rings. The van der Waals surface area contributed by atoms with Crippen molar-refractivity contribution in [1.29, 1.82) is 0 Å². The molecule has 6 rings (SSSR count). The Morgan fingerprint density at radius 1 is 1.05 bits per heavy atom. The quantitative estimate of drug-likeness (QED) is 0.102. The van der Waals surface area contributed by atoms with E-state index in [9.17, 15) is 40.7 Å². The lowest BCUT2D eigenvalue weighted by molar-refractivity contribution is -0.141. The first-order chi connectivity index (χ1) is 27.3. The molecule has 1 fully saturated rings. The number of fused-ring (bicyclic) bond motifs is 1. The molecule has 5 heterocycles. The number of carbonyl (C=O) groups excluding carboxylic acids is 2. The number of nitrogens with one attached hydrogen (secondary N) is 1. The molecule has 22 heteroatoms. The number of ether oxygens (including phenoxy) is 2. The van der Waals surface area contributed by atoms with Crippen LogP contribution in [0.5, 0.6) is 0 Å². The maximum Gasteiger partial charge on any atom is 0.435 e. The number of piperazine rings is 1. The minimum atomic E-state index is -4.91. The molecule has 0 aliphatic carbocycles. The Bertz CT molecular complexity index is 2270. The summed E-state index contributed by atoms with van der Waals surface area (Å²) in [5.74, 6) is -1.34. The van der Waals surface area contributed by atoms with Crippen molar-refractivity contribution < 1.29 is 45.4 Å². The number of rotatable bonds is 12. The zero-order valence-corrected chi connectivity index (χ0v) is 33.9. The van der Waals surface area contributed by atoms with Crippen LogP contribution in [0, 0.1) is 0 Å². The van der Waals surface area contributed by atoms with Crippen molar-refractivity contribution in [3.05, 3.63) is 74.4 Å². The molecule has 0 bridgehead atoms. The smallest absolute Gasteiger partial charge is 0.377 e. The third-order valence-corrected chi connectivity index (χ3v) is 11.7. The van der Waals surface area contributed by atoms with E-state index in [2.05, 4.69) is 40.0 Å². The predicted molar refractivity (Wildman–Crippen MR) is 205 cm³/mol. The zero-order valence-electron chi connectivity index (χ0n) is 32.1. The van der Waals surface area contributed by atoms with Gasteiger partial charge in [0.05, 0.1) is 41.5 Å². The summed E-state index contributed by atoms with van der Waals surface area (Å²) in [6.07, 6.45) is -6.19. The maximum atomic E-state index is 14.3. The number of alkyl halides is 6. The summed E-state index contributed by atoms with van der Waals surface area (Å²) >= 11 is 6.12. The number of halogens is 7. The summed E-state index contributed by atoms with van der Waals surface area (Å²) in [5, 5.41) is 6.70. The second-order valence-electron chi connectivity index (χ2n) is 15.0. The van der Waals surface area contributed by atoms with Crippen LogP contribution in [0.4, 0.5) is 37.7 Å². The van der Waals surface area contributed by atoms with E-state index in [4.69, 9.17) is 21.1 Å². The minimum Gasteiger partial charge on any atom is -0.377 e. The van der Waals surface area contributed by atoms with Crippen LogP contribution in [-0.2, 0) is 46.3 Å². The molecule has 1 N–H and O–H groups in total. The van der Waals surface area contributed by atoms with E-state index >= 15 is 0 Å². The molecule has 0 saturated carbocycles. The van der Waals surface area contributed by atoms with Crippen LogP contribution in [0.25, 0.3) is 11.4 Å². The van der Waals surface area contributed by atoms with Gasteiger partial charge in [0.1, 0.15) is 24.7 Å². The Kier molecular flexibility index (Phi) is 12.5. The fourth-order valence-corrected chi connectivity index (χ4v) is 7.64. The van der Waals surface area contributed by atoms with E-state index in [0.717, 1.165) is 33.6 Å². The molecule has 314 valence electrons. The van der Waals surface area contributed by atoms with Gasteiger partial charge in [-0.05, 0) is 42.7 Å². The molecule has 0 spiro atoms. The van der Waals surface area contributed by atoms with Gasteiger partial charge in [-0.1, -0.05) is 44.2 Å². The third-order valence-electron chi connectivity index (χ3n) is 9.70. The first-order valence-corrected chi connectivity index (χ1v) is 22.6. The largest absolute Gasteiger partial charge is 0.435 e. The number of hydrogen-bond acceptors (Lipinski definition) is 9. The van der Waals surface area contributed by atoms with E-state index in [1.807, 2.05) is 0 Å². The summed E-state index contributed by atoms with van der Waals surface area (Å²) < 4.78 is 96.7. The molecular weight excluding hydrogens is 816 g/mol. The summed E-state index contributed by atoms with van der Waals surface area (Å²) in [4.78, 5) is 52.8. The highest BCUT2D eigenvalue weighted by atomic mass is 35.5. The number of imidazole rings is 1. The van der Waals surface area contributed by atoms with Gasteiger partial charge in [-0.25, -0.2) is 4.98 Å². The Hall–Kier alpha value is -4.73. The van der Waals surface area contributed by atoms with Crippen LogP contribution in [0.1, 0.15) is 46.6 Å². The van der Waals surface area contributed by atoms with Crippen molar-refractivity contribution in [1.82, 2.24) is 33.6 Å². The highest BCUT2D eigenvalue weighted by Crippen LogP contribution is 2.35. The predicted octanol–water partition coefficient (Wildman–Crippen LogP) is 6.06. The van der Waals surface area contributed by atoms with Gasteiger partial charge in [-0.2, -0.15) is 35.8 Å². The van der Waals surface area contributed by atoms with E-state index < -0.39 is 61.3 Å². The molecule has 0 unspecified atom stereocenters. The van der Waals surface area contributed by atoms with Gasteiger partial charge >= 0.3 is 12.4 Å². The van der Waals surface area contributed by atoms with Gasteiger partial charge in [-0.15, -0.1) is 5.10 Å². The number of nitrogens with zero attached hydrogens (tertiary/aromatic N) is 8. The standard InChI is InChI=1S/C36H42ClF6N9O5Si/c1-5-26-28(48-10-12-49(13-11-48)32(54)29-30(36(41,42)43)44-20-50(29)21-57-16-17-58(2,3)4)33(55)52-34(46-31(47-52)22-8-14-56-15-9-22)51(26)19-27(53)45-25-7-6-23(18-24(25)37)35(38,39)40/h6-8,18,20H,5,9-17,19,21H2,1-4H3,(H,45,53). The van der Waals surface area contributed by atoms with Gasteiger partial charge in [0.25, 0.3) is 11.5 Å². The average molecular weight is 858 g/mol. The van der Waals surface area contributed by atoms with Crippen LogP contribution >= 0.6 is 11.6 Å². The topological polar surface area (TPSA) is 141 Å². The molecule has 2 aliphatic heterocycles. The van der Waals surface area contributed by atoms with E-state index in [1.165, 1.54) is 9.47 Å². The summed E-state index contributed by atoms with van der Waals surface area (Å²) in [7, 11) is -1.49. The van der Waals surface area contributed by atoms with Crippen molar-refractivity contribution in [2.75, 3.05) is 56.2 Å². The Labute approximate surface area is 334 Å². The summed E-state index contributed by atoms with van der Waals surface area (Å²) in [6.45, 7) is 8.33. The SMILES string of the molecule is CCc1c(N2CCN(C(=O)c3c(C(F)(F)F)ncn3COCC[Si](C)(C)C)CC2)c(=O)n2nc(C3=CCOCC3)nc2n1CC(=O)Nc1ccc(C(F)(F)F)cc1Cl.